The van der Waals surface area contributed by atoms with Crippen LogP contribution in [0.4, 0.5) is 15.3 Å². The number of benzene rings is 2. The van der Waals surface area contributed by atoms with Gasteiger partial charge in [-0.25, -0.2) is 4.99 Å². The predicted molar refractivity (Wildman–Crippen MR) is 154 cm³/mol. The number of pyridine rings is 1. The maximum absolute atomic E-state index is 13.1. The number of nitrogens with two attached hydrogens (primary N) is 2. The van der Waals surface area contributed by atoms with Gasteiger partial charge >= 0.3 is 10.2 Å². The van der Waals surface area contributed by atoms with E-state index in [9.17, 15) is 17.1 Å². The minimum Gasteiger partial charge on any atom is -1.00 e. The van der Waals surface area contributed by atoms with Crippen molar-refractivity contribution in [2.45, 2.75) is 43.8 Å². The van der Waals surface area contributed by atoms with Crippen molar-refractivity contribution >= 4 is 56.4 Å². The molecule has 14 heteroatoms. The van der Waals surface area contributed by atoms with Crippen LogP contribution in [0.3, 0.4) is 0 Å². The van der Waals surface area contributed by atoms with Gasteiger partial charge in [-0.2, -0.15) is 18.0 Å². The molecule has 2 heterocycles. The van der Waals surface area contributed by atoms with Crippen molar-refractivity contribution in [2.24, 2.45) is 21.5 Å². The largest absolute Gasteiger partial charge is 1.00 e. The summed E-state index contributed by atoms with van der Waals surface area (Å²) in [6, 6.07) is 16.8. The zero-order chi connectivity index (χ0) is 27.5. The first kappa shape index (κ1) is 32.8. The van der Waals surface area contributed by atoms with Gasteiger partial charge in [-0.15, -0.1) is 20.9 Å². The molecule has 214 valence electrons. The molecule has 1 aliphatic rings. The zero-order valence-electron chi connectivity index (χ0n) is 21.8. The average Bonchev–Trinajstić information content (AvgIpc) is 2.82. The fourth-order valence-electron chi connectivity index (χ4n) is 4.25. The zero-order valence-corrected chi connectivity index (χ0v) is 25.9. The first-order valence-corrected chi connectivity index (χ1v) is 13.2. The molecule has 0 spiro atoms. The fourth-order valence-corrected chi connectivity index (χ4v) is 4.71. The van der Waals surface area contributed by atoms with Crippen molar-refractivity contribution < 1.29 is 38.6 Å². The summed E-state index contributed by atoms with van der Waals surface area (Å²) < 4.78 is 36.9. The summed E-state index contributed by atoms with van der Waals surface area (Å²) in [5.41, 5.74) is 14.3. The summed E-state index contributed by atoms with van der Waals surface area (Å²) in [6.07, 6.45) is 4.35. The van der Waals surface area contributed by atoms with Gasteiger partial charge in [0.15, 0.2) is 18.9 Å². The highest BCUT2D eigenvalue weighted by Crippen LogP contribution is 2.28. The number of hydrogen-bond acceptors (Lipinski definition) is 8. The molecule has 0 bridgehead atoms. The normalized spacial score (nSPS) is 14.2. The number of aromatic nitrogens is 1. The number of guanidine groups is 2. The number of carbonyl (C=O) groups is 1. The summed E-state index contributed by atoms with van der Waals surface area (Å²) in [6.45, 7) is 4.19. The van der Waals surface area contributed by atoms with Gasteiger partial charge in [0.2, 0.25) is 17.8 Å². The molecule has 0 saturated carbocycles. The topological polar surface area (TPSA) is 147 Å². The first-order chi connectivity index (χ1) is 17.9. The van der Waals surface area contributed by atoms with Crippen LogP contribution >= 0.6 is 17.0 Å². The summed E-state index contributed by atoms with van der Waals surface area (Å²) in [5.74, 6) is 0.226. The van der Waals surface area contributed by atoms with Crippen LogP contribution in [0.2, 0.25) is 0 Å². The fraction of sp³-hybridized carbons (Fsp3) is 0.231. The Balaban J connectivity index is 0.00000280. The number of halogens is 3. The second-order valence-corrected chi connectivity index (χ2v) is 10.7. The lowest BCUT2D eigenvalue weighted by molar-refractivity contribution is -0.687. The number of hydrogen-bond donors (Lipinski definition) is 3. The van der Waals surface area contributed by atoms with E-state index in [4.69, 9.17) is 11.5 Å². The van der Waals surface area contributed by atoms with Crippen molar-refractivity contribution in [2.75, 3.05) is 10.2 Å². The van der Waals surface area contributed by atoms with E-state index in [0.29, 0.717) is 18.7 Å². The van der Waals surface area contributed by atoms with Gasteiger partial charge in [0, 0.05) is 23.7 Å². The van der Waals surface area contributed by atoms with E-state index in [-0.39, 0.29) is 63.1 Å². The van der Waals surface area contributed by atoms with E-state index < -0.39 is 15.9 Å². The SMILES string of the molecule is Br.CC1(C)N=C(N)N=C(N)N1c1cccc(CCC(=O)Nc2ccc[n+](Cc3ccc(S(=O)(=O)F)cc3)c2)c1.[Br-]. The molecule has 10 nitrogen and oxygen atoms in total. The van der Waals surface area contributed by atoms with Gasteiger partial charge in [0.25, 0.3) is 0 Å². The Bertz CT molecular complexity index is 1530. The van der Waals surface area contributed by atoms with Crippen molar-refractivity contribution in [3.8, 4) is 0 Å². The average molecular weight is 699 g/mol. The van der Waals surface area contributed by atoms with E-state index in [1.807, 2.05) is 48.9 Å². The predicted octanol–water partition coefficient (Wildman–Crippen LogP) is 0.0193. The number of aryl methyl sites for hydroxylation is 1. The van der Waals surface area contributed by atoms with Crippen molar-refractivity contribution in [1.29, 1.82) is 0 Å². The smallest absolute Gasteiger partial charge is 0.332 e. The minimum absolute atomic E-state index is 0. The maximum atomic E-state index is 13.1. The summed E-state index contributed by atoms with van der Waals surface area (Å²) in [4.78, 5) is 22.5. The third kappa shape index (κ3) is 8.32. The summed E-state index contributed by atoms with van der Waals surface area (Å²) >= 11 is 0. The molecule has 2 aromatic carbocycles. The Morgan fingerprint density at radius 3 is 2.42 bits per heavy atom. The number of nitrogens with zero attached hydrogens (tertiary/aromatic N) is 4. The van der Waals surface area contributed by atoms with Crippen LogP contribution < -0.4 is 43.2 Å². The van der Waals surface area contributed by atoms with E-state index in [2.05, 4.69) is 15.3 Å². The van der Waals surface area contributed by atoms with Crippen LogP contribution in [0, 0.1) is 0 Å². The Labute approximate surface area is 253 Å². The standard InChI is InChI=1S/C26H28FN7O3S.2BrH/c1-26(2)32-24(28)31-25(29)34(26)21-7-3-5-18(15-21)10-13-23(35)30-20-6-4-14-33(17-20)16-19-8-11-22(12-9-19)38(27,36)37;;/h3-9,11-12,14-15,17H,10,13,16H2,1-2H3,(H4-,28,29,30,31,32,35);2*1H. The van der Waals surface area contributed by atoms with Gasteiger partial charge in [-0.05, 0) is 56.2 Å². The van der Waals surface area contributed by atoms with Crippen LogP contribution in [0.15, 0.2) is 87.9 Å². The van der Waals surface area contributed by atoms with Gasteiger partial charge < -0.3 is 33.8 Å². The second-order valence-electron chi connectivity index (χ2n) is 9.33. The molecule has 0 saturated heterocycles. The summed E-state index contributed by atoms with van der Waals surface area (Å²) in [5, 5.41) is 2.90. The molecule has 1 aliphatic heterocycles. The monoisotopic (exact) mass is 697 g/mol. The Morgan fingerprint density at radius 2 is 1.77 bits per heavy atom. The summed E-state index contributed by atoms with van der Waals surface area (Å²) in [7, 11) is -4.73. The van der Waals surface area contributed by atoms with Crippen LogP contribution in [-0.2, 0) is 28.0 Å². The molecule has 0 fully saturated rings. The van der Waals surface area contributed by atoms with Crippen LogP contribution in [-0.4, -0.2) is 31.9 Å². The Kier molecular flexibility index (Phi) is 10.9. The maximum Gasteiger partial charge on any atom is 0.332 e. The number of nitrogens with one attached hydrogen (secondary N) is 1. The first-order valence-electron chi connectivity index (χ1n) is 11.8. The quantitative estimate of drug-likeness (QED) is 0.223. The van der Waals surface area contributed by atoms with Crippen LogP contribution in [0.5, 0.6) is 0 Å². The number of carbonyl (C=O) groups excluding carboxylic acids is 1. The third-order valence-corrected chi connectivity index (χ3v) is 6.75. The second kappa shape index (κ2) is 13.3. The van der Waals surface area contributed by atoms with E-state index in [1.165, 1.54) is 12.1 Å². The lowest BCUT2D eigenvalue weighted by Gasteiger charge is -2.38. The molecular weight excluding hydrogens is 669 g/mol. The molecular formula is C26H30Br2FN7O3S. The number of amides is 1. The molecule has 4 rings (SSSR count). The number of rotatable bonds is 8. The number of anilines is 2. The molecule has 0 atom stereocenters. The molecule has 0 unspecified atom stereocenters. The molecule has 40 heavy (non-hydrogen) atoms. The van der Waals surface area contributed by atoms with Crippen molar-refractivity contribution in [3.05, 3.63) is 84.2 Å². The van der Waals surface area contributed by atoms with Crippen LogP contribution in [0.25, 0.3) is 0 Å². The van der Waals surface area contributed by atoms with E-state index >= 15 is 0 Å². The highest BCUT2D eigenvalue weighted by molar-refractivity contribution is 8.93. The van der Waals surface area contributed by atoms with Gasteiger partial charge in [0.05, 0.1) is 4.90 Å². The van der Waals surface area contributed by atoms with E-state index in [1.54, 1.807) is 35.4 Å². The molecule has 0 aliphatic carbocycles. The molecule has 1 amide bonds. The molecule has 3 aromatic rings. The Hall–Kier alpha value is -3.36. The highest BCUT2D eigenvalue weighted by Gasteiger charge is 2.33. The molecule has 1 aromatic heterocycles. The van der Waals surface area contributed by atoms with Gasteiger partial charge in [0.1, 0.15) is 11.4 Å². The van der Waals surface area contributed by atoms with Crippen molar-refractivity contribution in [3.63, 3.8) is 0 Å². The highest BCUT2D eigenvalue weighted by atomic mass is 79.9. The molecule has 0 radical (unpaired) electrons. The molecule has 5 N–H and O–H groups in total. The van der Waals surface area contributed by atoms with Crippen molar-refractivity contribution in [1.82, 2.24) is 0 Å². The lowest BCUT2D eigenvalue weighted by atomic mass is 10.1. The minimum atomic E-state index is -4.73. The van der Waals surface area contributed by atoms with E-state index in [0.717, 1.165) is 16.8 Å². The Morgan fingerprint density at radius 1 is 1.07 bits per heavy atom. The van der Waals surface area contributed by atoms with Gasteiger partial charge in [-0.1, -0.05) is 24.3 Å². The third-order valence-electron chi connectivity index (χ3n) is 5.92. The number of aliphatic imine (C=N–C) groups is 2. The van der Waals surface area contributed by atoms with Crippen LogP contribution in [0.1, 0.15) is 31.4 Å². The van der Waals surface area contributed by atoms with Gasteiger partial charge in [-0.3, -0.25) is 9.69 Å². The lowest BCUT2D eigenvalue weighted by Crippen LogP contribution is -3.00.